The molecule has 0 radical (unpaired) electrons. The Morgan fingerprint density at radius 1 is 1.19 bits per heavy atom. The van der Waals surface area contributed by atoms with Crippen molar-refractivity contribution in [1.82, 2.24) is 9.97 Å². The van der Waals surface area contributed by atoms with Crippen molar-refractivity contribution in [3.05, 3.63) is 15.1 Å². The van der Waals surface area contributed by atoms with Crippen LogP contribution in [0.1, 0.15) is 32.3 Å². The number of anilines is 1. The number of ether oxygens (including phenoxy) is 1. The average Bonchev–Trinajstić information content (AvgIpc) is 2.33. The van der Waals surface area contributed by atoms with E-state index in [4.69, 9.17) is 0 Å². The lowest BCUT2D eigenvalue weighted by Crippen LogP contribution is -2.21. The lowest BCUT2D eigenvalue weighted by Gasteiger charge is -2.21. The number of hydrogen-bond acceptors (Lipinski definition) is 4. The third kappa shape index (κ3) is 5.93. The first-order valence-corrected chi connectivity index (χ1v) is 7.51. The van der Waals surface area contributed by atoms with Crippen molar-refractivity contribution < 1.29 is 17.9 Å². The van der Waals surface area contributed by atoms with Gasteiger partial charge in [-0.2, -0.15) is 13.2 Å². The first kappa shape index (κ1) is 18.4. The lowest BCUT2D eigenvalue weighted by molar-refractivity contribution is -0.173. The van der Waals surface area contributed by atoms with E-state index in [0.29, 0.717) is 11.6 Å². The Kier molecular flexibility index (Phi) is 6.21. The van der Waals surface area contributed by atoms with Gasteiger partial charge >= 0.3 is 6.18 Å². The number of rotatable bonds is 5. The molecule has 0 amide bonds. The molecule has 0 unspecified atom stereocenters. The third-order valence-corrected chi connectivity index (χ3v) is 3.60. The van der Waals surface area contributed by atoms with Gasteiger partial charge in [0.15, 0.2) is 0 Å². The van der Waals surface area contributed by atoms with Crippen molar-refractivity contribution in [3.8, 4) is 0 Å². The van der Waals surface area contributed by atoms with Crippen molar-refractivity contribution in [1.29, 1.82) is 0 Å². The fraction of sp³-hybridized carbons (Fsp3) is 0.692. The van der Waals surface area contributed by atoms with Gasteiger partial charge in [-0.15, -0.1) is 0 Å². The first-order chi connectivity index (χ1) is 9.54. The van der Waals surface area contributed by atoms with Crippen molar-refractivity contribution in [2.45, 2.75) is 38.8 Å². The van der Waals surface area contributed by atoms with Crippen LogP contribution in [-0.4, -0.2) is 36.4 Å². The minimum absolute atomic E-state index is 0.0627. The van der Waals surface area contributed by atoms with Crippen LogP contribution in [0.15, 0.2) is 0 Å². The molecule has 0 aliphatic rings. The molecule has 120 valence electrons. The second-order valence-corrected chi connectivity index (χ2v) is 6.65. The molecule has 4 nitrogen and oxygen atoms in total. The number of nitrogens with one attached hydrogen (secondary N) is 1. The summed E-state index contributed by atoms with van der Waals surface area (Å²) in [6.07, 6.45) is -4.07. The van der Waals surface area contributed by atoms with Crippen molar-refractivity contribution >= 4 is 28.4 Å². The van der Waals surface area contributed by atoms with E-state index in [2.05, 4.69) is 42.6 Å². The van der Waals surface area contributed by atoms with Gasteiger partial charge in [-0.3, -0.25) is 0 Å². The van der Waals surface area contributed by atoms with E-state index in [1.807, 2.05) is 20.8 Å². The molecule has 0 aliphatic heterocycles. The maximum Gasteiger partial charge on any atom is 0.411 e. The summed E-state index contributed by atoms with van der Waals surface area (Å²) in [7, 11) is 1.75. The molecule has 0 spiro atoms. The molecule has 1 rings (SSSR count). The molecule has 0 saturated heterocycles. The zero-order valence-corrected chi connectivity index (χ0v) is 14.6. The Balaban J connectivity index is 2.84. The average molecular weight is 417 g/mol. The van der Waals surface area contributed by atoms with Gasteiger partial charge in [0.05, 0.1) is 15.9 Å². The molecule has 0 aromatic carbocycles. The summed E-state index contributed by atoms with van der Waals surface area (Å²) in [5.74, 6) is 1.16. The molecule has 21 heavy (non-hydrogen) atoms. The third-order valence-electron chi connectivity index (χ3n) is 2.58. The second kappa shape index (κ2) is 7.08. The van der Waals surface area contributed by atoms with E-state index in [9.17, 15) is 13.2 Å². The summed E-state index contributed by atoms with van der Waals surface area (Å²) in [6.45, 7) is 4.78. The molecular weight excluding hydrogens is 398 g/mol. The predicted octanol–water partition coefficient (Wildman–Crippen LogP) is 3.54. The Morgan fingerprint density at radius 2 is 1.81 bits per heavy atom. The summed E-state index contributed by atoms with van der Waals surface area (Å²) < 4.78 is 41.5. The summed E-state index contributed by atoms with van der Waals surface area (Å²) in [5, 5.41) is 2.98. The Labute approximate surface area is 136 Å². The molecule has 0 aliphatic carbocycles. The molecule has 0 atom stereocenters. The van der Waals surface area contributed by atoms with Gasteiger partial charge in [-0.1, -0.05) is 20.8 Å². The number of halogens is 4. The van der Waals surface area contributed by atoms with Crippen LogP contribution in [0.4, 0.5) is 19.0 Å². The van der Waals surface area contributed by atoms with Gasteiger partial charge in [0.2, 0.25) is 0 Å². The number of aromatic nitrogens is 2. The monoisotopic (exact) mass is 417 g/mol. The van der Waals surface area contributed by atoms with Gasteiger partial charge < -0.3 is 10.1 Å². The minimum atomic E-state index is -4.31. The molecule has 8 heteroatoms. The quantitative estimate of drug-likeness (QED) is 0.588. The minimum Gasteiger partial charge on any atom is -0.372 e. The smallest absolute Gasteiger partial charge is 0.372 e. The van der Waals surface area contributed by atoms with Crippen LogP contribution in [0, 0.1) is 3.57 Å². The van der Waals surface area contributed by atoms with Gasteiger partial charge in [-0.25, -0.2) is 9.97 Å². The molecule has 1 heterocycles. The van der Waals surface area contributed by atoms with Crippen LogP contribution in [-0.2, 0) is 16.6 Å². The molecule has 0 fully saturated rings. The van der Waals surface area contributed by atoms with Gasteiger partial charge in [-0.05, 0) is 22.6 Å². The van der Waals surface area contributed by atoms with Crippen LogP contribution in [0.25, 0.3) is 0 Å². The van der Waals surface area contributed by atoms with E-state index in [0.717, 1.165) is 9.26 Å². The van der Waals surface area contributed by atoms with Crippen LogP contribution < -0.4 is 5.32 Å². The highest BCUT2D eigenvalue weighted by Gasteiger charge is 2.27. The van der Waals surface area contributed by atoms with E-state index in [-0.39, 0.29) is 18.4 Å². The van der Waals surface area contributed by atoms with Crippen LogP contribution in [0.3, 0.4) is 0 Å². The standard InChI is InChI=1S/C13H19F3IN3O/c1-12(2,3)10-9(17)11(18-4)20-8(19-10)5-6-21-7-13(14,15)16/h5-7H2,1-4H3,(H,18,19,20). The Morgan fingerprint density at radius 3 is 2.29 bits per heavy atom. The Bertz CT molecular complexity index is 487. The number of hydrogen-bond donors (Lipinski definition) is 1. The van der Waals surface area contributed by atoms with Gasteiger partial charge in [0.25, 0.3) is 0 Å². The van der Waals surface area contributed by atoms with Crippen molar-refractivity contribution in [2.24, 2.45) is 0 Å². The predicted molar refractivity (Wildman–Crippen MR) is 83.6 cm³/mol. The highest BCUT2D eigenvalue weighted by molar-refractivity contribution is 14.1. The normalized spacial score (nSPS) is 12.6. The molecule has 1 N–H and O–H groups in total. The zero-order valence-electron chi connectivity index (χ0n) is 12.4. The summed E-state index contributed by atoms with van der Waals surface area (Å²) in [4.78, 5) is 8.77. The number of alkyl halides is 3. The second-order valence-electron chi connectivity index (χ2n) is 5.57. The van der Waals surface area contributed by atoms with Crippen LogP contribution in [0.2, 0.25) is 0 Å². The van der Waals surface area contributed by atoms with Crippen LogP contribution >= 0.6 is 22.6 Å². The molecule has 1 aromatic heterocycles. The fourth-order valence-corrected chi connectivity index (χ4v) is 2.94. The van der Waals surface area contributed by atoms with Crippen molar-refractivity contribution in [2.75, 3.05) is 25.6 Å². The molecule has 0 saturated carbocycles. The first-order valence-electron chi connectivity index (χ1n) is 6.43. The van der Waals surface area contributed by atoms with E-state index in [1.165, 1.54) is 0 Å². The number of nitrogens with zero attached hydrogens (tertiary/aromatic N) is 2. The molecule has 1 aromatic rings. The lowest BCUT2D eigenvalue weighted by atomic mass is 9.92. The van der Waals surface area contributed by atoms with E-state index in [1.54, 1.807) is 7.05 Å². The molecular formula is C13H19F3IN3O. The van der Waals surface area contributed by atoms with E-state index >= 15 is 0 Å². The maximum absolute atomic E-state index is 12.0. The topological polar surface area (TPSA) is 47.0 Å². The summed E-state index contributed by atoms with van der Waals surface area (Å²) in [6, 6.07) is 0. The largest absolute Gasteiger partial charge is 0.411 e. The maximum atomic E-state index is 12.0. The Hall–Kier alpha value is -0.640. The summed E-state index contributed by atoms with van der Waals surface area (Å²) in [5.41, 5.74) is 0.695. The SMILES string of the molecule is CNc1nc(CCOCC(F)(F)F)nc(C(C)(C)C)c1I. The highest BCUT2D eigenvalue weighted by atomic mass is 127. The van der Waals surface area contributed by atoms with Crippen molar-refractivity contribution in [3.63, 3.8) is 0 Å². The van der Waals surface area contributed by atoms with Gasteiger partial charge in [0, 0.05) is 18.9 Å². The zero-order chi connectivity index (χ0) is 16.3. The summed E-state index contributed by atoms with van der Waals surface area (Å²) >= 11 is 2.17. The molecule has 0 bridgehead atoms. The van der Waals surface area contributed by atoms with E-state index < -0.39 is 12.8 Å². The highest BCUT2D eigenvalue weighted by Crippen LogP contribution is 2.29. The van der Waals surface area contributed by atoms with Gasteiger partial charge in [0.1, 0.15) is 18.2 Å². The van der Waals surface area contributed by atoms with Crippen LogP contribution in [0.5, 0.6) is 0 Å². The fourth-order valence-electron chi connectivity index (χ4n) is 1.62.